The summed E-state index contributed by atoms with van der Waals surface area (Å²) in [4.78, 5) is 1.04. The molecule has 1 aromatic heterocycles. The highest BCUT2D eigenvalue weighted by atomic mass is 79.9. The molecule has 1 nitrogen and oxygen atoms in total. The third kappa shape index (κ3) is 2.39. The second-order valence-corrected chi connectivity index (χ2v) is 8.21. The van der Waals surface area contributed by atoms with Gasteiger partial charge in [0.15, 0.2) is 0 Å². The molecule has 1 N–H and O–H groups in total. The van der Waals surface area contributed by atoms with E-state index in [0.717, 1.165) is 25.5 Å². The Hall–Kier alpha value is 0.430. The van der Waals surface area contributed by atoms with Gasteiger partial charge in [0.05, 0.1) is 6.10 Å². The van der Waals surface area contributed by atoms with Crippen molar-refractivity contribution < 1.29 is 5.11 Å². The molecule has 2 aliphatic carbocycles. The molecule has 3 rings (SSSR count). The fourth-order valence-electron chi connectivity index (χ4n) is 3.25. The second-order valence-electron chi connectivity index (χ2n) is 5.67. The van der Waals surface area contributed by atoms with E-state index >= 15 is 0 Å². The van der Waals surface area contributed by atoms with E-state index in [9.17, 15) is 5.11 Å². The maximum atomic E-state index is 10.7. The predicted octanol–water partition coefficient (Wildman–Crippen LogP) is 5.41. The van der Waals surface area contributed by atoms with Gasteiger partial charge in [-0.3, -0.25) is 0 Å². The minimum absolute atomic E-state index is 0.311. The molecule has 0 bridgehead atoms. The van der Waals surface area contributed by atoms with Crippen LogP contribution in [0.1, 0.15) is 49.5 Å². The molecule has 0 saturated heterocycles. The molecular formula is C14H18BrClOS. The minimum Gasteiger partial charge on any atom is -0.387 e. The van der Waals surface area contributed by atoms with Crippen LogP contribution >= 0.6 is 38.9 Å². The fourth-order valence-corrected chi connectivity index (χ4v) is 5.03. The van der Waals surface area contributed by atoms with Crippen LogP contribution < -0.4 is 0 Å². The van der Waals surface area contributed by atoms with E-state index in [-0.39, 0.29) is 6.10 Å². The number of thiophene rings is 1. The summed E-state index contributed by atoms with van der Waals surface area (Å²) in [5, 5.41) is 10.7. The standard InChI is InChI=1S/C14H18BrClOS/c15-10-7-11(18-14(10)16)13(17)12(8-3-1-4-8)9-5-2-6-9/h7-9,12-13,17H,1-6H2. The molecule has 1 atom stereocenters. The number of hydrogen-bond acceptors (Lipinski definition) is 2. The highest BCUT2D eigenvalue weighted by Gasteiger charge is 2.41. The molecule has 0 radical (unpaired) electrons. The summed E-state index contributed by atoms with van der Waals surface area (Å²) >= 11 is 11.1. The van der Waals surface area contributed by atoms with E-state index in [0.29, 0.717) is 5.92 Å². The summed E-state index contributed by atoms with van der Waals surface area (Å²) < 4.78 is 1.68. The van der Waals surface area contributed by atoms with Gasteiger partial charge in [-0.2, -0.15) is 0 Å². The van der Waals surface area contributed by atoms with Crippen LogP contribution in [0, 0.1) is 17.8 Å². The SMILES string of the molecule is OC(c1cc(Br)c(Cl)s1)C(C1CCC1)C1CCC1. The van der Waals surface area contributed by atoms with Crippen molar-refractivity contribution in [1.82, 2.24) is 0 Å². The van der Waals surface area contributed by atoms with E-state index < -0.39 is 0 Å². The molecule has 18 heavy (non-hydrogen) atoms. The van der Waals surface area contributed by atoms with Crippen LogP contribution in [0.2, 0.25) is 4.34 Å². The molecule has 2 aliphatic rings. The van der Waals surface area contributed by atoms with Gasteiger partial charge in [-0.15, -0.1) is 11.3 Å². The van der Waals surface area contributed by atoms with E-state index in [1.54, 1.807) is 0 Å². The number of aliphatic hydroxyl groups excluding tert-OH is 1. The summed E-state index contributed by atoms with van der Waals surface area (Å²) in [7, 11) is 0. The summed E-state index contributed by atoms with van der Waals surface area (Å²) in [5.41, 5.74) is 0. The molecule has 2 fully saturated rings. The molecule has 100 valence electrons. The van der Waals surface area contributed by atoms with Gasteiger partial charge in [0.25, 0.3) is 0 Å². The van der Waals surface area contributed by atoms with Crippen molar-refractivity contribution in [3.63, 3.8) is 0 Å². The van der Waals surface area contributed by atoms with Crippen molar-refractivity contribution in [2.45, 2.75) is 44.6 Å². The quantitative estimate of drug-likeness (QED) is 0.770. The molecule has 4 heteroatoms. The fraction of sp³-hybridized carbons (Fsp3) is 0.714. The zero-order valence-electron chi connectivity index (χ0n) is 10.2. The zero-order valence-corrected chi connectivity index (χ0v) is 13.4. The molecule has 2 saturated carbocycles. The lowest BCUT2D eigenvalue weighted by molar-refractivity contribution is -0.0174. The van der Waals surface area contributed by atoms with Gasteiger partial charge in [-0.05, 0) is 39.8 Å². The van der Waals surface area contributed by atoms with Crippen LogP contribution in [0.25, 0.3) is 0 Å². The summed E-state index contributed by atoms with van der Waals surface area (Å²) in [6.45, 7) is 0. The predicted molar refractivity (Wildman–Crippen MR) is 80.2 cm³/mol. The summed E-state index contributed by atoms with van der Waals surface area (Å²) in [6.07, 6.45) is 7.59. The van der Waals surface area contributed by atoms with Crippen LogP contribution in [0.5, 0.6) is 0 Å². The smallest absolute Gasteiger partial charge is 0.107 e. The van der Waals surface area contributed by atoms with Crippen molar-refractivity contribution in [1.29, 1.82) is 0 Å². The lowest BCUT2D eigenvalue weighted by Gasteiger charge is -2.44. The van der Waals surface area contributed by atoms with Gasteiger partial charge in [0.2, 0.25) is 0 Å². The van der Waals surface area contributed by atoms with E-state index in [2.05, 4.69) is 15.9 Å². The first kappa shape index (κ1) is 13.4. The van der Waals surface area contributed by atoms with E-state index in [1.807, 2.05) is 6.07 Å². The van der Waals surface area contributed by atoms with Crippen LogP contribution in [0.4, 0.5) is 0 Å². The highest BCUT2D eigenvalue weighted by Crippen LogP contribution is 2.51. The Morgan fingerprint density at radius 2 is 1.78 bits per heavy atom. The Morgan fingerprint density at radius 3 is 2.11 bits per heavy atom. The van der Waals surface area contributed by atoms with Gasteiger partial charge >= 0.3 is 0 Å². The number of hydrogen-bond donors (Lipinski definition) is 1. The molecule has 1 heterocycles. The first-order valence-corrected chi connectivity index (χ1v) is 8.78. The van der Waals surface area contributed by atoms with Crippen molar-refractivity contribution in [2.24, 2.45) is 17.8 Å². The van der Waals surface area contributed by atoms with Crippen LogP contribution in [0.3, 0.4) is 0 Å². The third-order valence-electron chi connectivity index (χ3n) is 4.71. The Balaban J connectivity index is 1.80. The Labute approximate surface area is 126 Å². The van der Waals surface area contributed by atoms with Gasteiger partial charge in [0, 0.05) is 9.35 Å². The van der Waals surface area contributed by atoms with Crippen LogP contribution in [-0.2, 0) is 0 Å². The van der Waals surface area contributed by atoms with E-state index in [1.165, 1.54) is 49.9 Å². The topological polar surface area (TPSA) is 20.2 Å². The average Bonchev–Trinajstić information content (AvgIpc) is 2.52. The molecule has 0 aliphatic heterocycles. The maximum Gasteiger partial charge on any atom is 0.107 e. The monoisotopic (exact) mass is 348 g/mol. The Kier molecular flexibility index (Phi) is 4.05. The Bertz CT molecular complexity index is 392. The first-order valence-electron chi connectivity index (χ1n) is 6.79. The van der Waals surface area contributed by atoms with E-state index in [4.69, 9.17) is 11.6 Å². The number of rotatable bonds is 4. The van der Waals surface area contributed by atoms with Crippen LogP contribution in [0.15, 0.2) is 10.5 Å². The minimum atomic E-state index is -0.311. The first-order chi connectivity index (χ1) is 8.66. The Morgan fingerprint density at radius 1 is 1.22 bits per heavy atom. The maximum absolute atomic E-state index is 10.7. The van der Waals surface area contributed by atoms with Gasteiger partial charge in [0.1, 0.15) is 4.34 Å². The number of halogens is 2. The summed E-state index contributed by atoms with van der Waals surface area (Å²) in [5.74, 6) is 1.95. The van der Waals surface area contributed by atoms with Gasteiger partial charge in [-0.25, -0.2) is 0 Å². The molecule has 0 spiro atoms. The molecule has 1 aromatic rings. The lowest BCUT2D eigenvalue weighted by Crippen LogP contribution is -2.36. The highest BCUT2D eigenvalue weighted by molar-refractivity contribution is 9.10. The molecule has 1 unspecified atom stereocenters. The van der Waals surface area contributed by atoms with Gasteiger partial charge in [-0.1, -0.05) is 50.1 Å². The largest absolute Gasteiger partial charge is 0.387 e. The average molecular weight is 350 g/mol. The van der Waals surface area contributed by atoms with Crippen molar-refractivity contribution in [3.05, 3.63) is 19.8 Å². The van der Waals surface area contributed by atoms with Crippen molar-refractivity contribution >= 4 is 38.9 Å². The van der Waals surface area contributed by atoms with Gasteiger partial charge < -0.3 is 5.11 Å². The van der Waals surface area contributed by atoms with Crippen molar-refractivity contribution in [3.8, 4) is 0 Å². The van der Waals surface area contributed by atoms with Crippen LogP contribution in [-0.4, -0.2) is 5.11 Å². The zero-order chi connectivity index (χ0) is 12.7. The molecular weight excluding hydrogens is 332 g/mol. The lowest BCUT2D eigenvalue weighted by atomic mass is 9.62. The molecule has 0 amide bonds. The second kappa shape index (κ2) is 5.43. The third-order valence-corrected chi connectivity index (χ3v) is 7.25. The number of aliphatic hydroxyl groups is 1. The van der Waals surface area contributed by atoms with Crippen molar-refractivity contribution in [2.75, 3.05) is 0 Å². The molecule has 0 aromatic carbocycles. The normalized spacial score (nSPS) is 22.9. The summed E-state index contributed by atoms with van der Waals surface area (Å²) in [6, 6.07) is 2.00.